The van der Waals surface area contributed by atoms with Gasteiger partial charge in [-0.05, 0) is 13.8 Å². The summed E-state index contributed by atoms with van der Waals surface area (Å²) in [6.45, 7) is 3.45. The molecule has 0 fully saturated rings. The highest BCUT2D eigenvalue weighted by atomic mass is 16.5. The van der Waals surface area contributed by atoms with E-state index in [9.17, 15) is 14.4 Å². The van der Waals surface area contributed by atoms with Gasteiger partial charge in [0.05, 0.1) is 6.61 Å². The Morgan fingerprint density at radius 1 is 1.12 bits per heavy atom. The van der Waals surface area contributed by atoms with Gasteiger partial charge in [-0.2, -0.15) is 0 Å². The molecule has 0 bridgehead atoms. The lowest BCUT2D eigenvalue weighted by atomic mass is 10.2. The molecule has 0 N–H and O–H groups in total. The van der Waals surface area contributed by atoms with Gasteiger partial charge in [0.15, 0.2) is 11.5 Å². The molecular weight excluding hydrogens is 336 g/mol. The lowest BCUT2D eigenvalue weighted by Gasteiger charge is -2.12. The predicted octanol–water partition coefficient (Wildman–Crippen LogP) is 1.20. The molecule has 134 valence electrons. The van der Waals surface area contributed by atoms with Crippen LogP contribution in [0, 0.1) is 0 Å². The molecule has 0 unspecified atom stereocenters. The molecule has 0 aliphatic rings. The molecule has 0 amide bonds. The van der Waals surface area contributed by atoms with Crippen molar-refractivity contribution in [1.29, 1.82) is 0 Å². The summed E-state index contributed by atoms with van der Waals surface area (Å²) in [5, 5.41) is 0.176. The van der Waals surface area contributed by atoms with E-state index < -0.39 is 23.8 Å². The Morgan fingerprint density at radius 2 is 1.85 bits per heavy atom. The Bertz CT molecular complexity index is 1070. The topological polar surface area (TPSA) is 96.1 Å². The van der Waals surface area contributed by atoms with E-state index in [2.05, 4.69) is 9.97 Å². The minimum atomic E-state index is -0.643. The smallest absolute Gasteiger partial charge is 0.333 e. The quantitative estimate of drug-likeness (QED) is 0.639. The van der Waals surface area contributed by atoms with Crippen molar-refractivity contribution in [2.45, 2.75) is 26.9 Å². The third kappa shape index (κ3) is 3.13. The van der Waals surface area contributed by atoms with Crippen LogP contribution in [0.4, 0.5) is 0 Å². The molecule has 3 rings (SSSR count). The first-order chi connectivity index (χ1) is 12.6. The van der Waals surface area contributed by atoms with E-state index in [-0.39, 0.29) is 17.6 Å². The molecule has 0 saturated carbocycles. The summed E-state index contributed by atoms with van der Waals surface area (Å²) in [6, 6.07) is 9.27. The number of carbonyl (C=O) groups is 1. The first kappa shape index (κ1) is 17.5. The van der Waals surface area contributed by atoms with E-state index in [1.54, 1.807) is 13.8 Å². The van der Waals surface area contributed by atoms with Crippen LogP contribution in [0.15, 0.2) is 46.1 Å². The van der Waals surface area contributed by atoms with Crippen molar-refractivity contribution in [2.75, 3.05) is 6.61 Å². The summed E-state index contributed by atoms with van der Waals surface area (Å²) in [7, 11) is 0. The van der Waals surface area contributed by atoms with E-state index in [4.69, 9.17) is 4.74 Å². The predicted molar refractivity (Wildman–Crippen MR) is 95.8 cm³/mol. The Labute approximate surface area is 148 Å². The lowest BCUT2D eigenvalue weighted by molar-refractivity contribution is -0.143. The zero-order valence-corrected chi connectivity index (χ0v) is 14.5. The number of hydrogen-bond donors (Lipinski definition) is 0. The molecule has 0 aliphatic carbocycles. The van der Waals surface area contributed by atoms with Crippen LogP contribution in [0.25, 0.3) is 22.4 Å². The molecule has 8 heteroatoms. The summed E-state index contributed by atoms with van der Waals surface area (Å²) in [6.07, 6.45) is 1.39. The van der Waals surface area contributed by atoms with E-state index in [0.717, 1.165) is 10.1 Å². The number of nitrogens with zero attached hydrogens (tertiary/aromatic N) is 4. The number of hydrogen-bond acceptors (Lipinski definition) is 6. The minimum absolute atomic E-state index is 0.173. The summed E-state index contributed by atoms with van der Waals surface area (Å²) >= 11 is 0. The van der Waals surface area contributed by atoms with Gasteiger partial charge in [-0.15, -0.1) is 0 Å². The highest BCUT2D eigenvalue weighted by molar-refractivity contribution is 5.76. The van der Waals surface area contributed by atoms with Crippen LogP contribution < -0.4 is 11.2 Å². The third-order valence-corrected chi connectivity index (χ3v) is 3.90. The summed E-state index contributed by atoms with van der Waals surface area (Å²) in [4.78, 5) is 45.7. The number of aryl methyl sites for hydroxylation is 1. The SMILES string of the molecule is CCOC(=O)Cn1c(=O)c2cnc(-c3ccccc3)nc2n(CC)c1=O. The van der Waals surface area contributed by atoms with Crippen molar-refractivity contribution in [3.05, 3.63) is 57.4 Å². The maximum absolute atomic E-state index is 12.7. The Balaban J connectivity index is 2.22. The molecule has 1 aromatic carbocycles. The average molecular weight is 354 g/mol. The summed E-state index contributed by atoms with van der Waals surface area (Å²) in [5.74, 6) is -0.224. The number of fused-ring (bicyclic) bond motifs is 1. The van der Waals surface area contributed by atoms with Gasteiger partial charge < -0.3 is 4.74 Å². The van der Waals surface area contributed by atoms with Crippen LogP contribution in [0.2, 0.25) is 0 Å². The molecule has 0 aliphatic heterocycles. The Hall–Kier alpha value is -3.29. The van der Waals surface area contributed by atoms with Gasteiger partial charge >= 0.3 is 11.7 Å². The fourth-order valence-electron chi connectivity index (χ4n) is 2.68. The van der Waals surface area contributed by atoms with Crippen molar-refractivity contribution in [1.82, 2.24) is 19.1 Å². The highest BCUT2D eigenvalue weighted by Crippen LogP contribution is 2.15. The first-order valence-electron chi connectivity index (χ1n) is 8.28. The van der Waals surface area contributed by atoms with E-state index in [0.29, 0.717) is 12.4 Å². The van der Waals surface area contributed by atoms with Crippen LogP contribution >= 0.6 is 0 Å². The molecular formula is C18H18N4O4. The third-order valence-electron chi connectivity index (χ3n) is 3.90. The van der Waals surface area contributed by atoms with E-state index in [1.807, 2.05) is 30.3 Å². The number of aromatic nitrogens is 4. The van der Waals surface area contributed by atoms with Gasteiger partial charge in [-0.25, -0.2) is 19.3 Å². The molecule has 0 spiro atoms. The number of esters is 1. The zero-order valence-electron chi connectivity index (χ0n) is 14.5. The molecule has 8 nitrogen and oxygen atoms in total. The van der Waals surface area contributed by atoms with Crippen molar-refractivity contribution in [3.63, 3.8) is 0 Å². The fourth-order valence-corrected chi connectivity index (χ4v) is 2.68. The van der Waals surface area contributed by atoms with Crippen LogP contribution in [0.1, 0.15) is 13.8 Å². The second kappa shape index (κ2) is 7.30. The Kier molecular flexibility index (Phi) is 4.92. The molecule has 0 radical (unpaired) electrons. The number of ether oxygens (including phenoxy) is 1. The summed E-state index contributed by atoms with van der Waals surface area (Å²) < 4.78 is 7.05. The van der Waals surface area contributed by atoms with Gasteiger partial charge in [-0.1, -0.05) is 30.3 Å². The van der Waals surface area contributed by atoms with E-state index >= 15 is 0 Å². The van der Waals surface area contributed by atoms with Gasteiger partial charge in [0, 0.05) is 18.3 Å². The van der Waals surface area contributed by atoms with Crippen molar-refractivity contribution < 1.29 is 9.53 Å². The van der Waals surface area contributed by atoms with Gasteiger partial charge in [0.1, 0.15) is 11.9 Å². The largest absolute Gasteiger partial charge is 0.465 e. The van der Waals surface area contributed by atoms with Gasteiger partial charge in [0.25, 0.3) is 5.56 Å². The molecule has 26 heavy (non-hydrogen) atoms. The van der Waals surface area contributed by atoms with Crippen LogP contribution in [0.3, 0.4) is 0 Å². The normalized spacial score (nSPS) is 10.8. The first-order valence-corrected chi connectivity index (χ1v) is 8.28. The Morgan fingerprint density at radius 3 is 2.50 bits per heavy atom. The molecule has 0 atom stereocenters. The summed E-state index contributed by atoms with van der Waals surface area (Å²) in [5.41, 5.74) is -0.185. The second-order valence-electron chi connectivity index (χ2n) is 5.52. The van der Waals surface area contributed by atoms with Crippen molar-refractivity contribution in [3.8, 4) is 11.4 Å². The van der Waals surface area contributed by atoms with Gasteiger partial charge in [0.2, 0.25) is 0 Å². The van der Waals surface area contributed by atoms with Crippen LogP contribution in [-0.4, -0.2) is 31.7 Å². The van der Waals surface area contributed by atoms with Crippen molar-refractivity contribution >= 4 is 17.0 Å². The number of rotatable bonds is 5. The van der Waals surface area contributed by atoms with Gasteiger partial charge in [-0.3, -0.25) is 14.2 Å². The maximum atomic E-state index is 12.7. The molecule has 3 aromatic rings. The minimum Gasteiger partial charge on any atom is -0.465 e. The standard InChI is InChI=1S/C18H18N4O4/c1-3-21-16-13(10-19-15(20-16)12-8-6-5-7-9-12)17(24)22(18(21)25)11-14(23)26-4-2/h5-10H,3-4,11H2,1-2H3. The number of benzene rings is 1. The monoisotopic (exact) mass is 354 g/mol. The number of carbonyl (C=O) groups excluding carboxylic acids is 1. The second-order valence-corrected chi connectivity index (χ2v) is 5.52. The molecule has 2 aromatic heterocycles. The van der Waals surface area contributed by atoms with Crippen LogP contribution in [-0.2, 0) is 22.6 Å². The average Bonchev–Trinajstić information content (AvgIpc) is 2.66. The molecule has 2 heterocycles. The lowest BCUT2D eigenvalue weighted by Crippen LogP contribution is -2.42. The van der Waals surface area contributed by atoms with E-state index in [1.165, 1.54) is 10.8 Å². The van der Waals surface area contributed by atoms with Crippen LogP contribution in [0.5, 0.6) is 0 Å². The molecule has 0 saturated heterocycles. The van der Waals surface area contributed by atoms with Crippen molar-refractivity contribution in [2.24, 2.45) is 0 Å². The maximum Gasteiger partial charge on any atom is 0.333 e. The fraction of sp³-hybridized carbons (Fsp3) is 0.278. The highest BCUT2D eigenvalue weighted by Gasteiger charge is 2.17. The zero-order chi connectivity index (χ0) is 18.7.